The predicted molar refractivity (Wildman–Crippen MR) is 85.8 cm³/mol. The highest BCUT2D eigenvalue weighted by Crippen LogP contribution is 2.23. The van der Waals surface area contributed by atoms with E-state index in [1.54, 1.807) is 0 Å². The molecule has 1 saturated heterocycles. The van der Waals surface area contributed by atoms with Gasteiger partial charge in [-0.3, -0.25) is 4.79 Å². The molecule has 2 atom stereocenters. The van der Waals surface area contributed by atoms with Crippen LogP contribution in [0.3, 0.4) is 0 Å². The van der Waals surface area contributed by atoms with Gasteiger partial charge in [-0.15, -0.1) is 0 Å². The molecule has 21 heavy (non-hydrogen) atoms. The van der Waals surface area contributed by atoms with Crippen molar-refractivity contribution in [2.24, 2.45) is 5.92 Å². The van der Waals surface area contributed by atoms with Crippen molar-refractivity contribution in [1.82, 2.24) is 4.90 Å². The average Bonchev–Trinajstić information content (AvgIpc) is 2.49. The number of aliphatic hydroxyl groups excluding tert-OH is 1. The van der Waals surface area contributed by atoms with Gasteiger partial charge in [0, 0.05) is 24.8 Å². The molecule has 0 aliphatic carbocycles. The van der Waals surface area contributed by atoms with Gasteiger partial charge in [0.2, 0.25) is 5.91 Å². The first-order chi connectivity index (χ1) is 10.0. The van der Waals surface area contributed by atoms with Crippen LogP contribution in [-0.4, -0.2) is 35.1 Å². The van der Waals surface area contributed by atoms with E-state index in [2.05, 4.69) is 26.0 Å². The summed E-state index contributed by atoms with van der Waals surface area (Å²) in [5, 5.41) is 9.32. The quantitative estimate of drug-likeness (QED) is 0.868. The number of rotatable bonds is 3. The highest BCUT2D eigenvalue weighted by Gasteiger charge is 2.28. The van der Waals surface area contributed by atoms with Crippen LogP contribution in [0.5, 0.6) is 0 Å². The Morgan fingerprint density at radius 2 is 2.00 bits per heavy atom. The monoisotopic (exact) mass is 287 g/mol. The van der Waals surface area contributed by atoms with Gasteiger partial charge in [0.15, 0.2) is 0 Å². The average molecular weight is 287 g/mol. The maximum Gasteiger partial charge on any atom is 0.249 e. The summed E-state index contributed by atoms with van der Waals surface area (Å²) in [6.07, 6.45) is 3.91. The van der Waals surface area contributed by atoms with Crippen LogP contribution in [-0.2, 0) is 4.79 Å². The van der Waals surface area contributed by atoms with Crippen molar-refractivity contribution >= 4 is 12.0 Å². The molecule has 1 heterocycles. The van der Waals surface area contributed by atoms with E-state index < -0.39 is 0 Å². The van der Waals surface area contributed by atoms with E-state index in [4.69, 9.17) is 0 Å². The third kappa shape index (κ3) is 3.94. The van der Waals surface area contributed by atoms with Crippen LogP contribution in [0.15, 0.2) is 29.8 Å². The number of benzene rings is 1. The van der Waals surface area contributed by atoms with Gasteiger partial charge in [-0.05, 0) is 51.2 Å². The van der Waals surface area contributed by atoms with E-state index in [9.17, 15) is 9.90 Å². The Bertz CT molecular complexity index is 519. The summed E-state index contributed by atoms with van der Waals surface area (Å²) in [5.41, 5.74) is 3.02. The Hall–Kier alpha value is -1.61. The molecule has 1 amide bonds. The normalized spacial score (nSPS) is 23.2. The second-order valence-electron chi connectivity index (χ2n) is 6.17. The Kier molecular flexibility index (Phi) is 5.18. The van der Waals surface area contributed by atoms with Crippen molar-refractivity contribution in [3.05, 3.63) is 41.0 Å². The molecule has 2 rings (SSSR count). The van der Waals surface area contributed by atoms with Gasteiger partial charge < -0.3 is 10.0 Å². The van der Waals surface area contributed by atoms with Gasteiger partial charge in [-0.25, -0.2) is 0 Å². The van der Waals surface area contributed by atoms with Crippen LogP contribution >= 0.6 is 0 Å². The van der Waals surface area contributed by atoms with Crippen LogP contribution in [0, 0.1) is 12.8 Å². The fraction of sp³-hybridized carbons (Fsp3) is 0.500. The summed E-state index contributed by atoms with van der Waals surface area (Å²) in [6.45, 7) is 6.84. The molecule has 3 heteroatoms. The Morgan fingerprint density at radius 3 is 2.62 bits per heavy atom. The number of amides is 1. The summed E-state index contributed by atoms with van der Waals surface area (Å²) in [7, 11) is 0. The van der Waals surface area contributed by atoms with Crippen LogP contribution in [0.25, 0.3) is 6.08 Å². The number of likely N-dealkylation sites (tertiary alicyclic amines) is 1. The number of aliphatic hydroxyl groups is 1. The summed E-state index contributed by atoms with van der Waals surface area (Å²) in [6, 6.07) is 8.41. The lowest BCUT2D eigenvalue weighted by molar-refractivity contribution is -0.131. The number of hydrogen-bond donors (Lipinski definition) is 1. The molecule has 0 saturated carbocycles. The minimum absolute atomic E-state index is 0.0845. The Morgan fingerprint density at radius 1 is 1.33 bits per heavy atom. The van der Waals surface area contributed by atoms with Crippen LogP contribution < -0.4 is 0 Å². The van der Waals surface area contributed by atoms with Crippen molar-refractivity contribution in [2.45, 2.75) is 39.7 Å². The van der Waals surface area contributed by atoms with Gasteiger partial charge >= 0.3 is 0 Å². The molecule has 0 bridgehead atoms. The predicted octanol–water partition coefficient (Wildman–Crippen LogP) is 3.02. The van der Waals surface area contributed by atoms with Crippen molar-refractivity contribution in [1.29, 1.82) is 0 Å². The lowest BCUT2D eigenvalue weighted by atomic mass is 9.93. The highest BCUT2D eigenvalue weighted by atomic mass is 16.3. The Labute approximate surface area is 127 Å². The maximum atomic E-state index is 12.6. The number of carbonyl (C=O) groups excluding carboxylic acids is 1. The van der Waals surface area contributed by atoms with Gasteiger partial charge in [-0.2, -0.15) is 0 Å². The van der Waals surface area contributed by atoms with Gasteiger partial charge in [0.1, 0.15) is 0 Å². The zero-order valence-corrected chi connectivity index (χ0v) is 13.2. The molecule has 1 aromatic rings. The number of aryl methyl sites for hydroxylation is 1. The molecule has 0 aromatic heterocycles. The molecular weight excluding hydrogens is 262 g/mol. The third-order valence-electron chi connectivity index (χ3n) is 4.30. The van der Waals surface area contributed by atoms with Gasteiger partial charge in [0.25, 0.3) is 0 Å². The van der Waals surface area contributed by atoms with Crippen molar-refractivity contribution in [3.8, 4) is 0 Å². The molecule has 3 nitrogen and oxygen atoms in total. The second-order valence-corrected chi connectivity index (χ2v) is 6.17. The Balaban J connectivity index is 2.12. The highest BCUT2D eigenvalue weighted by molar-refractivity contribution is 5.97. The molecule has 1 aliphatic heterocycles. The summed E-state index contributed by atoms with van der Waals surface area (Å²) < 4.78 is 0. The lowest BCUT2D eigenvalue weighted by Crippen LogP contribution is -2.46. The SMILES string of the molecule is C/C(=C\c1ccc(C)cc1)C(=O)N1CC(CO)CCC1C. The first kappa shape index (κ1) is 15.8. The molecule has 1 aromatic carbocycles. The van der Waals surface area contributed by atoms with Crippen LogP contribution in [0.1, 0.15) is 37.8 Å². The second kappa shape index (κ2) is 6.90. The van der Waals surface area contributed by atoms with Crippen molar-refractivity contribution in [2.75, 3.05) is 13.2 Å². The molecular formula is C18H25NO2. The van der Waals surface area contributed by atoms with E-state index in [0.29, 0.717) is 6.54 Å². The number of piperidine rings is 1. The smallest absolute Gasteiger partial charge is 0.249 e. The van der Waals surface area contributed by atoms with E-state index in [-0.39, 0.29) is 24.5 Å². The lowest BCUT2D eigenvalue weighted by Gasteiger charge is -2.37. The number of nitrogens with zero attached hydrogens (tertiary/aromatic N) is 1. The van der Waals surface area contributed by atoms with Crippen LogP contribution in [0.4, 0.5) is 0 Å². The van der Waals surface area contributed by atoms with E-state index in [1.807, 2.05) is 30.0 Å². The molecule has 1 N–H and O–H groups in total. The maximum absolute atomic E-state index is 12.6. The number of carbonyl (C=O) groups is 1. The summed E-state index contributed by atoms with van der Waals surface area (Å²) in [5.74, 6) is 0.304. The minimum atomic E-state index is 0.0845. The fourth-order valence-electron chi connectivity index (χ4n) is 2.82. The minimum Gasteiger partial charge on any atom is -0.396 e. The van der Waals surface area contributed by atoms with E-state index in [1.165, 1.54) is 5.56 Å². The topological polar surface area (TPSA) is 40.5 Å². The van der Waals surface area contributed by atoms with Crippen LogP contribution in [0.2, 0.25) is 0 Å². The molecule has 2 unspecified atom stereocenters. The molecule has 1 aliphatic rings. The van der Waals surface area contributed by atoms with E-state index >= 15 is 0 Å². The zero-order valence-electron chi connectivity index (χ0n) is 13.2. The van der Waals surface area contributed by atoms with Gasteiger partial charge in [-0.1, -0.05) is 29.8 Å². The molecule has 0 spiro atoms. The first-order valence-electron chi connectivity index (χ1n) is 7.68. The van der Waals surface area contributed by atoms with Crippen molar-refractivity contribution < 1.29 is 9.90 Å². The van der Waals surface area contributed by atoms with Crippen molar-refractivity contribution in [3.63, 3.8) is 0 Å². The largest absolute Gasteiger partial charge is 0.396 e. The van der Waals surface area contributed by atoms with Gasteiger partial charge in [0.05, 0.1) is 0 Å². The standard InChI is InChI=1S/C18H25NO2/c1-13-4-7-16(8-5-13)10-14(2)18(21)19-11-17(12-20)9-6-15(19)3/h4-5,7-8,10,15,17,20H,6,9,11-12H2,1-3H3/b14-10+. The molecule has 114 valence electrons. The number of hydrogen-bond acceptors (Lipinski definition) is 2. The summed E-state index contributed by atoms with van der Waals surface area (Å²) >= 11 is 0. The molecule has 0 radical (unpaired) electrons. The molecule has 1 fully saturated rings. The fourth-order valence-corrected chi connectivity index (χ4v) is 2.82. The first-order valence-corrected chi connectivity index (χ1v) is 7.68. The summed E-state index contributed by atoms with van der Waals surface area (Å²) in [4.78, 5) is 14.5. The van der Waals surface area contributed by atoms with E-state index in [0.717, 1.165) is 24.0 Å². The zero-order chi connectivity index (χ0) is 15.4. The third-order valence-corrected chi connectivity index (χ3v) is 4.30.